The highest BCUT2D eigenvalue weighted by atomic mass is 16.5. The van der Waals surface area contributed by atoms with Crippen LogP contribution in [0.1, 0.15) is 39.0 Å². The van der Waals surface area contributed by atoms with E-state index in [0.29, 0.717) is 6.61 Å². The van der Waals surface area contributed by atoms with Crippen LogP contribution in [0, 0.1) is 5.92 Å². The molecule has 0 atom stereocenters. The number of nitrogens with zero attached hydrogens (tertiary/aromatic N) is 1. The van der Waals surface area contributed by atoms with E-state index in [-0.39, 0.29) is 5.91 Å². The molecular formula is C12H23NO2. The van der Waals surface area contributed by atoms with Crippen molar-refractivity contribution in [2.24, 2.45) is 5.92 Å². The van der Waals surface area contributed by atoms with Crippen molar-refractivity contribution in [1.29, 1.82) is 0 Å². The van der Waals surface area contributed by atoms with E-state index in [1.165, 1.54) is 32.1 Å². The molecule has 3 heteroatoms. The van der Waals surface area contributed by atoms with Crippen molar-refractivity contribution >= 4 is 5.91 Å². The Morgan fingerprint density at radius 1 is 1.33 bits per heavy atom. The summed E-state index contributed by atoms with van der Waals surface area (Å²) in [7, 11) is 1.68. The predicted molar refractivity (Wildman–Crippen MR) is 60.7 cm³/mol. The molecule has 1 rings (SSSR count). The van der Waals surface area contributed by atoms with Gasteiger partial charge in [0, 0.05) is 27.1 Å². The third-order valence-electron chi connectivity index (χ3n) is 3.21. The van der Waals surface area contributed by atoms with E-state index in [0.717, 1.165) is 19.0 Å². The fourth-order valence-electron chi connectivity index (χ4n) is 2.26. The number of ether oxygens (including phenoxy) is 1. The van der Waals surface area contributed by atoms with Gasteiger partial charge in [-0.3, -0.25) is 4.79 Å². The molecule has 0 spiro atoms. The van der Waals surface area contributed by atoms with E-state index < -0.39 is 0 Å². The van der Waals surface area contributed by atoms with Gasteiger partial charge in [0.2, 0.25) is 5.91 Å². The molecule has 0 unspecified atom stereocenters. The van der Waals surface area contributed by atoms with E-state index in [4.69, 9.17) is 4.74 Å². The van der Waals surface area contributed by atoms with Crippen LogP contribution in [0.4, 0.5) is 0 Å². The van der Waals surface area contributed by atoms with Gasteiger partial charge in [-0.1, -0.05) is 19.3 Å². The monoisotopic (exact) mass is 213 g/mol. The minimum atomic E-state index is 0.178. The number of carbonyl (C=O) groups excluding carboxylic acids is 1. The van der Waals surface area contributed by atoms with Crippen molar-refractivity contribution in [2.75, 3.05) is 26.8 Å². The zero-order chi connectivity index (χ0) is 11.1. The number of amides is 1. The summed E-state index contributed by atoms with van der Waals surface area (Å²) < 4.78 is 5.02. The van der Waals surface area contributed by atoms with Crippen molar-refractivity contribution in [3.05, 3.63) is 0 Å². The van der Waals surface area contributed by atoms with Crippen LogP contribution in [0.3, 0.4) is 0 Å². The van der Waals surface area contributed by atoms with Crippen molar-refractivity contribution in [1.82, 2.24) is 4.90 Å². The Morgan fingerprint density at radius 2 is 2.00 bits per heavy atom. The lowest BCUT2D eigenvalue weighted by molar-refractivity contribution is -0.130. The topological polar surface area (TPSA) is 29.5 Å². The van der Waals surface area contributed by atoms with Crippen LogP contribution in [0.5, 0.6) is 0 Å². The normalized spacial score (nSPS) is 17.7. The number of carbonyl (C=O) groups is 1. The van der Waals surface area contributed by atoms with Crippen molar-refractivity contribution in [3.8, 4) is 0 Å². The lowest BCUT2D eigenvalue weighted by Crippen LogP contribution is -2.36. The highest BCUT2D eigenvalue weighted by molar-refractivity contribution is 5.73. The van der Waals surface area contributed by atoms with Gasteiger partial charge in [-0.2, -0.15) is 0 Å². The van der Waals surface area contributed by atoms with Crippen molar-refractivity contribution in [2.45, 2.75) is 39.0 Å². The predicted octanol–water partition coefficient (Wildman–Crippen LogP) is 2.06. The van der Waals surface area contributed by atoms with Crippen LogP contribution in [-0.2, 0) is 9.53 Å². The van der Waals surface area contributed by atoms with Gasteiger partial charge in [0.1, 0.15) is 0 Å². The van der Waals surface area contributed by atoms with Gasteiger partial charge < -0.3 is 9.64 Å². The van der Waals surface area contributed by atoms with Gasteiger partial charge in [0.15, 0.2) is 0 Å². The smallest absolute Gasteiger partial charge is 0.219 e. The zero-order valence-electron chi connectivity index (χ0n) is 10.00. The average molecular weight is 213 g/mol. The van der Waals surface area contributed by atoms with Gasteiger partial charge in [0.25, 0.3) is 0 Å². The highest BCUT2D eigenvalue weighted by Crippen LogP contribution is 2.24. The lowest BCUT2D eigenvalue weighted by atomic mass is 9.89. The summed E-state index contributed by atoms with van der Waals surface area (Å²) in [6, 6.07) is 0. The van der Waals surface area contributed by atoms with Gasteiger partial charge in [0.05, 0.1) is 6.61 Å². The van der Waals surface area contributed by atoms with Gasteiger partial charge in [-0.05, 0) is 18.8 Å². The molecule has 0 radical (unpaired) electrons. The maximum Gasteiger partial charge on any atom is 0.219 e. The maximum absolute atomic E-state index is 11.4. The van der Waals surface area contributed by atoms with Crippen LogP contribution in [0.25, 0.3) is 0 Å². The van der Waals surface area contributed by atoms with Gasteiger partial charge in [-0.15, -0.1) is 0 Å². The minimum absolute atomic E-state index is 0.178. The molecule has 1 aliphatic carbocycles. The molecule has 3 nitrogen and oxygen atoms in total. The summed E-state index contributed by atoms with van der Waals surface area (Å²) in [6.45, 7) is 3.96. The molecule has 0 bridgehead atoms. The van der Waals surface area contributed by atoms with Crippen LogP contribution in [-0.4, -0.2) is 37.6 Å². The number of rotatable bonds is 5. The van der Waals surface area contributed by atoms with Crippen molar-refractivity contribution in [3.63, 3.8) is 0 Å². The minimum Gasteiger partial charge on any atom is -0.383 e. The number of methoxy groups -OCH3 is 1. The quantitative estimate of drug-likeness (QED) is 0.699. The van der Waals surface area contributed by atoms with E-state index in [9.17, 15) is 4.79 Å². The van der Waals surface area contributed by atoms with Crippen molar-refractivity contribution < 1.29 is 9.53 Å². The molecule has 1 amide bonds. The summed E-state index contributed by atoms with van der Waals surface area (Å²) in [4.78, 5) is 13.3. The Hall–Kier alpha value is -0.570. The highest BCUT2D eigenvalue weighted by Gasteiger charge is 2.18. The average Bonchev–Trinajstić information content (AvgIpc) is 2.25. The fraction of sp³-hybridized carbons (Fsp3) is 0.917. The summed E-state index contributed by atoms with van der Waals surface area (Å²) >= 11 is 0. The molecular weight excluding hydrogens is 190 g/mol. The van der Waals surface area contributed by atoms with E-state index in [1.54, 1.807) is 14.0 Å². The van der Waals surface area contributed by atoms with E-state index >= 15 is 0 Å². The molecule has 0 heterocycles. The third kappa shape index (κ3) is 4.65. The summed E-state index contributed by atoms with van der Waals surface area (Å²) in [5.74, 6) is 0.900. The van der Waals surface area contributed by atoms with E-state index in [1.807, 2.05) is 4.90 Å². The fourth-order valence-corrected chi connectivity index (χ4v) is 2.26. The van der Waals surface area contributed by atoms with Gasteiger partial charge >= 0.3 is 0 Å². The summed E-state index contributed by atoms with van der Waals surface area (Å²) in [5, 5.41) is 0. The van der Waals surface area contributed by atoms with Crippen LogP contribution in [0.2, 0.25) is 0 Å². The lowest BCUT2D eigenvalue weighted by Gasteiger charge is -2.28. The number of hydrogen-bond acceptors (Lipinski definition) is 2. The van der Waals surface area contributed by atoms with Crippen LogP contribution in [0.15, 0.2) is 0 Å². The third-order valence-corrected chi connectivity index (χ3v) is 3.21. The molecule has 0 aromatic carbocycles. The molecule has 1 fully saturated rings. The molecule has 15 heavy (non-hydrogen) atoms. The Balaban J connectivity index is 2.31. The van der Waals surface area contributed by atoms with Crippen LogP contribution >= 0.6 is 0 Å². The molecule has 0 N–H and O–H groups in total. The largest absolute Gasteiger partial charge is 0.383 e. The summed E-state index contributed by atoms with van der Waals surface area (Å²) in [5.41, 5.74) is 0. The molecule has 0 saturated heterocycles. The summed E-state index contributed by atoms with van der Waals surface area (Å²) in [6.07, 6.45) is 6.61. The molecule has 0 aliphatic heterocycles. The second kappa shape index (κ2) is 6.83. The molecule has 1 aliphatic rings. The first-order chi connectivity index (χ1) is 7.24. The molecule has 0 aromatic heterocycles. The first kappa shape index (κ1) is 12.5. The Labute approximate surface area is 92.8 Å². The molecule has 1 saturated carbocycles. The van der Waals surface area contributed by atoms with E-state index in [2.05, 4.69) is 0 Å². The second-order valence-electron chi connectivity index (χ2n) is 4.46. The SMILES string of the molecule is COCCN(CC1CCCCC1)C(C)=O. The Bertz CT molecular complexity index is 188. The first-order valence-corrected chi connectivity index (χ1v) is 5.98. The zero-order valence-corrected chi connectivity index (χ0v) is 10.00. The maximum atomic E-state index is 11.4. The molecule has 88 valence electrons. The number of hydrogen-bond donors (Lipinski definition) is 0. The first-order valence-electron chi connectivity index (χ1n) is 5.98. The molecule has 0 aromatic rings. The van der Waals surface area contributed by atoms with Crippen LogP contribution < -0.4 is 0 Å². The Kier molecular flexibility index (Phi) is 5.69. The second-order valence-corrected chi connectivity index (χ2v) is 4.46. The Morgan fingerprint density at radius 3 is 2.53 bits per heavy atom. The van der Waals surface area contributed by atoms with Gasteiger partial charge in [-0.25, -0.2) is 0 Å². The standard InChI is InChI=1S/C12H23NO2/c1-11(14)13(8-9-15-2)10-12-6-4-3-5-7-12/h12H,3-10H2,1-2H3.